The van der Waals surface area contributed by atoms with Crippen LogP contribution in [0.3, 0.4) is 0 Å². The molecule has 1 heterocycles. The lowest BCUT2D eigenvalue weighted by Gasteiger charge is -2.06. The first-order valence-electron chi connectivity index (χ1n) is 9.96. The van der Waals surface area contributed by atoms with Gasteiger partial charge in [-0.25, -0.2) is 0 Å². The molecule has 0 fully saturated rings. The molecule has 0 aliphatic carbocycles. The molecule has 6 aromatic rings. The minimum Gasteiger partial charge on any atom is -0.354 e. The fraction of sp³-hybridized carbons (Fsp3) is 0. The molecule has 136 valence electrons. The van der Waals surface area contributed by atoms with Crippen LogP contribution in [0.4, 0.5) is 0 Å². The predicted octanol–water partition coefficient (Wildman–Crippen LogP) is 7.81. The van der Waals surface area contributed by atoms with Gasteiger partial charge in [0.25, 0.3) is 0 Å². The molecular formula is C28H19N. The van der Waals surface area contributed by atoms with Gasteiger partial charge in [0, 0.05) is 21.8 Å². The standard InChI is InChI=1S/C28H19N/c1-2-6-19(7-3-1)20-10-12-21(13-11-20)23-15-16-26-25(18-23)28-24-9-5-4-8-22(24)14-17-27(28)29-26/h1-18,29H. The van der Waals surface area contributed by atoms with Crippen LogP contribution in [-0.2, 0) is 0 Å². The Morgan fingerprint density at radius 1 is 0.414 bits per heavy atom. The third-order valence-electron chi connectivity index (χ3n) is 5.81. The summed E-state index contributed by atoms with van der Waals surface area (Å²) >= 11 is 0. The Kier molecular flexibility index (Phi) is 3.54. The highest BCUT2D eigenvalue weighted by atomic mass is 14.7. The maximum Gasteiger partial charge on any atom is 0.0471 e. The minimum atomic E-state index is 1.18. The van der Waals surface area contributed by atoms with Crippen molar-refractivity contribution in [2.75, 3.05) is 0 Å². The van der Waals surface area contributed by atoms with E-state index in [-0.39, 0.29) is 0 Å². The number of H-pyrrole nitrogens is 1. The first kappa shape index (κ1) is 16.1. The Bertz CT molecular complexity index is 1470. The lowest BCUT2D eigenvalue weighted by Crippen LogP contribution is -1.81. The molecule has 0 saturated carbocycles. The smallest absolute Gasteiger partial charge is 0.0471 e. The number of hydrogen-bond donors (Lipinski definition) is 1. The summed E-state index contributed by atoms with van der Waals surface area (Å²) < 4.78 is 0. The largest absolute Gasteiger partial charge is 0.354 e. The summed E-state index contributed by atoms with van der Waals surface area (Å²) in [4.78, 5) is 3.58. The SMILES string of the molecule is c1ccc(-c2ccc(-c3ccc4[nH]c5ccc6ccccc6c5c4c3)cc2)cc1. The summed E-state index contributed by atoms with van der Waals surface area (Å²) in [5.41, 5.74) is 7.34. The maximum absolute atomic E-state index is 3.58. The second-order valence-electron chi connectivity index (χ2n) is 7.54. The predicted molar refractivity (Wildman–Crippen MR) is 124 cm³/mol. The molecule has 0 radical (unpaired) electrons. The number of aromatic amines is 1. The first-order chi connectivity index (χ1) is 14.4. The lowest BCUT2D eigenvalue weighted by molar-refractivity contribution is 1.55. The summed E-state index contributed by atoms with van der Waals surface area (Å²) in [6.45, 7) is 0. The van der Waals surface area contributed by atoms with E-state index < -0.39 is 0 Å². The number of fused-ring (bicyclic) bond motifs is 5. The van der Waals surface area contributed by atoms with E-state index in [4.69, 9.17) is 0 Å². The molecule has 29 heavy (non-hydrogen) atoms. The van der Waals surface area contributed by atoms with Gasteiger partial charge < -0.3 is 4.98 Å². The molecule has 0 saturated heterocycles. The van der Waals surface area contributed by atoms with Crippen LogP contribution in [0.25, 0.3) is 54.8 Å². The van der Waals surface area contributed by atoms with Crippen molar-refractivity contribution >= 4 is 32.6 Å². The van der Waals surface area contributed by atoms with Gasteiger partial charge in [-0.05, 0) is 51.2 Å². The van der Waals surface area contributed by atoms with E-state index in [1.54, 1.807) is 0 Å². The highest BCUT2D eigenvalue weighted by Gasteiger charge is 2.09. The maximum atomic E-state index is 3.58. The molecule has 0 amide bonds. The molecule has 0 aliphatic heterocycles. The normalized spacial score (nSPS) is 11.4. The van der Waals surface area contributed by atoms with Crippen molar-refractivity contribution in [3.63, 3.8) is 0 Å². The average Bonchev–Trinajstić information content (AvgIpc) is 3.18. The molecule has 1 N–H and O–H groups in total. The third-order valence-corrected chi connectivity index (χ3v) is 5.81. The van der Waals surface area contributed by atoms with Crippen molar-refractivity contribution in [1.29, 1.82) is 0 Å². The topological polar surface area (TPSA) is 15.8 Å². The highest BCUT2D eigenvalue weighted by Crippen LogP contribution is 2.35. The molecule has 5 aromatic carbocycles. The van der Waals surface area contributed by atoms with Crippen molar-refractivity contribution in [3.05, 3.63) is 109 Å². The number of aromatic nitrogens is 1. The monoisotopic (exact) mass is 369 g/mol. The van der Waals surface area contributed by atoms with Gasteiger partial charge in [0.2, 0.25) is 0 Å². The van der Waals surface area contributed by atoms with Gasteiger partial charge in [0.15, 0.2) is 0 Å². The van der Waals surface area contributed by atoms with Crippen molar-refractivity contribution in [1.82, 2.24) is 4.98 Å². The fourth-order valence-electron chi connectivity index (χ4n) is 4.34. The molecule has 0 atom stereocenters. The Morgan fingerprint density at radius 3 is 1.86 bits per heavy atom. The van der Waals surface area contributed by atoms with Crippen molar-refractivity contribution < 1.29 is 0 Å². The van der Waals surface area contributed by atoms with E-state index in [1.807, 2.05) is 0 Å². The van der Waals surface area contributed by atoms with Gasteiger partial charge >= 0.3 is 0 Å². The molecule has 1 aromatic heterocycles. The second-order valence-corrected chi connectivity index (χ2v) is 7.54. The lowest BCUT2D eigenvalue weighted by atomic mass is 9.98. The van der Waals surface area contributed by atoms with Crippen LogP contribution in [0.15, 0.2) is 109 Å². The molecule has 0 unspecified atom stereocenters. The van der Waals surface area contributed by atoms with Gasteiger partial charge in [-0.1, -0.05) is 91.0 Å². The Morgan fingerprint density at radius 2 is 1.03 bits per heavy atom. The van der Waals surface area contributed by atoms with Crippen LogP contribution in [0.5, 0.6) is 0 Å². The Balaban J connectivity index is 1.51. The van der Waals surface area contributed by atoms with Gasteiger partial charge in [0.1, 0.15) is 0 Å². The zero-order valence-corrected chi connectivity index (χ0v) is 15.9. The zero-order chi connectivity index (χ0) is 19.2. The first-order valence-corrected chi connectivity index (χ1v) is 9.96. The number of rotatable bonds is 2. The highest BCUT2D eigenvalue weighted by molar-refractivity contribution is 6.20. The quantitative estimate of drug-likeness (QED) is 0.320. The van der Waals surface area contributed by atoms with Gasteiger partial charge in [-0.3, -0.25) is 0 Å². The minimum absolute atomic E-state index is 1.18. The molecule has 1 nitrogen and oxygen atoms in total. The number of hydrogen-bond acceptors (Lipinski definition) is 0. The van der Waals surface area contributed by atoms with Crippen LogP contribution < -0.4 is 0 Å². The van der Waals surface area contributed by atoms with Crippen LogP contribution >= 0.6 is 0 Å². The van der Waals surface area contributed by atoms with E-state index >= 15 is 0 Å². The summed E-state index contributed by atoms with van der Waals surface area (Å²) in [5, 5.41) is 5.16. The molecule has 0 spiro atoms. The summed E-state index contributed by atoms with van der Waals surface area (Å²) in [7, 11) is 0. The molecule has 0 aliphatic rings. The van der Waals surface area contributed by atoms with Gasteiger partial charge in [0.05, 0.1) is 0 Å². The van der Waals surface area contributed by atoms with E-state index in [0.29, 0.717) is 0 Å². The van der Waals surface area contributed by atoms with Crippen molar-refractivity contribution in [2.45, 2.75) is 0 Å². The van der Waals surface area contributed by atoms with E-state index in [2.05, 4.69) is 114 Å². The zero-order valence-electron chi connectivity index (χ0n) is 15.9. The Hall–Kier alpha value is -3.84. The third kappa shape index (κ3) is 2.63. The molecular weight excluding hydrogens is 350 g/mol. The van der Waals surface area contributed by atoms with Gasteiger partial charge in [-0.15, -0.1) is 0 Å². The van der Waals surface area contributed by atoms with Gasteiger partial charge in [-0.2, -0.15) is 0 Å². The van der Waals surface area contributed by atoms with Crippen LogP contribution in [0.1, 0.15) is 0 Å². The van der Waals surface area contributed by atoms with E-state index in [0.717, 1.165) is 0 Å². The van der Waals surface area contributed by atoms with E-state index in [9.17, 15) is 0 Å². The van der Waals surface area contributed by atoms with Crippen molar-refractivity contribution in [2.24, 2.45) is 0 Å². The van der Waals surface area contributed by atoms with E-state index in [1.165, 1.54) is 54.8 Å². The number of benzene rings is 5. The van der Waals surface area contributed by atoms with Crippen molar-refractivity contribution in [3.8, 4) is 22.3 Å². The Labute approximate surface area is 169 Å². The molecule has 1 heteroatoms. The summed E-state index contributed by atoms with van der Waals surface area (Å²) in [6.07, 6.45) is 0. The summed E-state index contributed by atoms with van der Waals surface area (Å²) in [6, 6.07) is 39.1. The number of nitrogens with one attached hydrogen (secondary N) is 1. The van der Waals surface area contributed by atoms with Crippen LogP contribution in [0.2, 0.25) is 0 Å². The summed E-state index contributed by atoms with van der Waals surface area (Å²) in [5.74, 6) is 0. The average molecular weight is 369 g/mol. The molecule has 0 bridgehead atoms. The fourth-order valence-corrected chi connectivity index (χ4v) is 4.34. The molecule has 6 rings (SSSR count). The second kappa shape index (κ2) is 6.35. The van der Waals surface area contributed by atoms with Crippen LogP contribution in [0, 0.1) is 0 Å². The van der Waals surface area contributed by atoms with Crippen LogP contribution in [-0.4, -0.2) is 4.98 Å².